The van der Waals surface area contributed by atoms with Crippen LogP contribution in [0.3, 0.4) is 0 Å². The summed E-state index contributed by atoms with van der Waals surface area (Å²) in [4.78, 5) is 32.6. The lowest BCUT2D eigenvalue weighted by molar-refractivity contribution is 0.0524. The Kier molecular flexibility index (Phi) is 6.52. The van der Waals surface area contributed by atoms with Crippen LogP contribution in [0, 0.1) is 6.92 Å². The van der Waals surface area contributed by atoms with Gasteiger partial charge in [-0.15, -0.1) is 0 Å². The van der Waals surface area contributed by atoms with Crippen LogP contribution in [0.4, 0.5) is 5.69 Å². The van der Waals surface area contributed by atoms with Gasteiger partial charge in [0.2, 0.25) is 5.88 Å². The van der Waals surface area contributed by atoms with Gasteiger partial charge in [0.15, 0.2) is 0 Å². The first-order valence-corrected chi connectivity index (χ1v) is 9.15. The topological polar surface area (TPSA) is 90.4 Å². The van der Waals surface area contributed by atoms with Gasteiger partial charge in [0.05, 0.1) is 29.7 Å². The van der Waals surface area contributed by atoms with Crippen LogP contribution in [-0.2, 0) is 11.3 Å². The average molecular weight is 391 g/mol. The van der Waals surface area contributed by atoms with Crippen molar-refractivity contribution < 1.29 is 19.1 Å². The molecule has 0 aliphatic carbocycles. The number of carbonyl (C=O) groups excluding carboxylic acids is 2. The molecule has 2 heterocycles. The zero-order valence-electron chi connectivity index (χ0n) is 16.2. The average Bonchev–Trinajstić information content (AvgIpc) is 2.74. The van der Waals surface area contributed by atoms with E-state index in [1.54, 1.807) is 26.0 Å². The van der Waals surface area contributed by atoms with E-state index in [9.17, 15) is 9.59 Å². The van der Waals surface area contributed by atoms with Crippen LogP contribution < -0.4 is 10.1 Å². The molecule has 0 aliphatic heterocycles. The van der Waals surface area contributed by atoms with Crippen molar-refractivity contribution in [2.75, 3.05) is 11.9 Å². The fourth-order valence-corrected chi connectivity index (χ4v) is 2.58. The van der Waals surface area contributed by atoms with Gasteiger partial charge >= 0.3 is 5.97 Å². The molecular formula is C22H21N3O4. The number of aryl methyl sites for hydroxylation is 1. The van der Waals surface area contributed by atoms with E-state index in [0.717, 1.165) is 5.56 Å². The summed E-state index contributed by atoms with van der Waals surface area (Å²) in [5, 5.41) is 2.72. The quantitative estimate of drug-likeness (QED) is 0.616. The van der Waals surface area contributed by atoms with E-state index in [2.05, 4.69) is 15.3 Å². The first kappa shape index (κ1) is 20.0. The van der Waals surface area contributed by atoms with Crippen molar-refractivity contribution in [1.82, 2.24) is 9.97 Å². The lowest BCUT2D eigenvalue weighted by Gasteiger charge is -2.09. The fourth-order valence-electron chi connectivity index (χ4n) is 2.58. The number of pyridine rings is 2. The summed E-state index contributed by atoms with van der Waals surface area (Å²) in [6.45, 7) is 4.08. The standard InChI is InChI=1S/C22H21N3O4/c1-3-28-22(27)18-10-11-19(24-15(18)2)21(26)25-17-9-12-20(23-13-17)29-14-16-7-5-4-6-8-16/h4-13H,3,14H2,1-2H3,(H,25,26). The second-order valence-corrected chi connectivity index (χ2v) is 6.16. The molecule has 0 saturated heterocycles. The van der Waals surface area contributed by atoms with Gasteiger partial charge in [-0.2, -0.15) is 0 Å². The van der Waals surface area contributed by atoms with Gasteiger partial charge in [0, 0.05) is 6.07 Å². The molecule has 1 N–H and O–H groups in total. The van der Waals surface area contributed by atoms with E-state index in [-0.39, 0.29) is 12.3 Å². The van der Waals surface area contributed by atoms with E-state index in [1.807, 2.05) is 30.3 Å². The van der Waals surface area contributed by atoms with Crippen molar-refractivity contribution in [3.05, 3.63) is 83.3 Å². The summed E-state index contributed by atoms with van der Waals surface area (Å²) >= 11 is 0. The molecule has 0 fully saturated rings. The minimum atomic E-state index is -0.459. The van der Waals surface area contributed by atoms with Gasteiger partial charge < -0.3 is 14.8 Å². The Bertz CT molecular complexity index is 989. The first-order valence-electron chi connectivity index (χ1n) is 9.15. The molecule has 0 unspecified atom stereocenters. The van der Waals surface area contributed by atoms with Crippen molar-refractivity contribution in [3.63, 3.8) is 0 Å². The predicted octanol–water partition coefficient (Wildman–Crippen LogP) is 3.79. The zero-order chi connectivity index (χ0) is 20.6. The highest BCUT2D eigenvalue weighted by molar-refractivity contribution is 6.03. The smallest absolute Gasteiger partial charge is 0.339 e. The third-order valence-corrected chi connectivity index (χ3v) is 4.04. The number of anilines is 1. The van der Waals surface area contributed by atoms with Crippen LogP contribution in [0.15, 0.2) is 60.8 Å². The van der Waals surface area contributed by atoms with Gasteiger partial charge in [-0.05, 0) is 37.6 Å². The molecular weight excluding hydrogens is 370 g/mol. The van der Waals surface area contributed by atoms with Crippen molar-refractivity contribution in [2.24, 2.45) is 0 Å². The summed E-state index contributed by atoms with van der Waals surface area (Å²) in [5.74, 6) is -0.400. The number of benzene rings is 1. The molecule has 1 amide bonds. The molecule has 3 aromatic rings. The summed E-state index contributed by atoms with van der Waals surface area (Å²) in [6.07, 6.45) is 1.51. The van der Waals surface area contributed by atoms with Crippen molar-refractivity contribution >= 4 is 17.6 Å². The molecule has 1 aromatic carbocycles. The molecule has 7 nitrogen and oxygen atoms in total. The molecule has 0 atom stereocenters. The van der Waals surface area contributed by atoms with Crippen molar-refractivity contribution in [3.8, 4) is 5.88 Å². The van der Waals surface area contributed by atoms with Crippen LogP contribution in [0.5, 0.6) is 5.88 Å². The summed E-state index contributed by atoms with van der Waals surface area (Å²) < 4.78 is 10.6. The highest BCUT2D eigenvalue weighted by Gasteiger charge is 2.15. The molecule has 2 aromatic heterocycles. The third-order valence-electron chi connectivity index (χ3n) is 4.04. The molecule has 0 aliphatic rings. The van der Waals surface area contributed by atoms with E-state index in [0.29, 0.717) is 29.4 Å². The fraction of sp³-hybridized carbons (Fsp3) is 0.182. The molecule has 0 bridgehead atoms. The Morgan fingerprint density at radius 2 is 1.83 bits per heavy atom. The van der Waals surface area contributed by atoms with E-state index < -0.39 is 11.9 Å². The van der Waals surface area contributed by atoms with E-state index in [1.165, 1.54) is 18.3 Å². The highest BCUT2D eigenvalue weighted by atomic mass is 16.5. The van der Waals surface area contributed by atoms with E-state index >= 15 is 0 Å². The van der Waals surface area contributed by atoms with Crippen molar-refractivity contribution in [1.29, 1.82) is 0 Å². The Morgan fingerprint density at radius 1 is 1.03 bits per heavy atom. The van der Waals surface area contributed by atoms with Gasteiger partial charge in [-0.25, -0.2) is 14.8 Å². The molecule has 0 radical (unpaired) electrons. The van der Waals surface area contributed by atoms with Crippen LogP contribution in [-0.4, -0.2) is 28.5 Å². The largest absolute Gasteiger partial charge is 0.473 e. The maximum atomic E-state index is 12.4. The Balaban J connectivity index is 1.60. The maximum absolute atomic E-state index is 12.4. The van der Waals surface area contributed by atoms with Crippen molar-refractivity contribution in [2.45, 2.75) is 20.5 Å². The summed E-state index contributed by atoms with van der Waals surface area (Å²) in [5.41, 5.74) is 2.51. The molecule has 0 spiro atoms. The number of nitrogens with zero attached hydrogens (tertiary/aromatic N) is 2. The van der Waals surface area contributed by atoms with Crippen LogP contribution >= 0.6 is 0 Å². The minimum Gasteiger partial charge on any atom is -0.473 e. The number of carbonyl (C=O) groups is 2. The lowest BCUT2D eigenvalue weighted by Crippen LogP contribution is -2.16. The second-order valence-electron chi connectivity index (χ2n) is 6.16. The number of aromatic nitrogens is 2. The number of hydrogen-bond donors (Lipinski definition) is 1. The molecule has 29 heavy (non-hydrogen) atoms. The SMILES string of the molecule is CCOC(=O)c1ccc(C(=O)Nc2ccc(OCc3ccccc3)nc2)nc1C. The van der Waals surface area contributed by atoms with Gasteiger partial charge in [0.25, 0.3) is 5.91 Å². The number of ether oxygens (including phenoxy) is 2. The first-order chi connectivity index (χ1) is 14.1. The summed E-state index contributed by atoms with van der Waals surface area (Å²) in [7, 11) is 0. The number of nitrogens with one attached hydrogen (secondary N) is 1. The molecule has 3 rings (SSSR count). The number of amides is 1. The number of esters is 1. The Labute approximate surface area is 168 Å². The van der Waals surface area contributed by atoms with Gasteiger partial charge in [-0.3, -0.25) is 4.79 Å². The molecule has 148 valence electrons. The number of hydrogen-bond acceptors (Lipinski definition) is 6. The predicted molar refractivity (Wildman–Crippen MR) is 108 cm³/mol. The van der Waals surface area contributed by atoms with Gasteiger partial charge in [0.1, 0.15) is 12.3 Å². The monoisotopic (exact) mass is 391 g/mol. The second kappa shape index (κ2) is 9.45. The maximum Gasteiger partial charge on any atom is 0.339 e. The minimum absolute atomic E-state index is 0.194. The third kappa shape index (κ3) is 5.38. The molecule has 7 heteroatoms. The zero-order valence-corrected chi connectivity index (χ0v) is 16.2. The normalized spacial score (nSPS) is 10.3. The van der Waals surface area contributed by atoms with E-state index in [4.69, 9.17) is 9.47 Å². The Morgan fingerprint density at radius 3 is 2.48 bits per heavy atom. The number of rotatable bonds is 7. The van der Waals surface area contributed by atoms with Crippen LogP contribution in [0.2, 0.25) is 0 Å². The van der Waals surface area contributed by atoms with Crippen LogP contribution in [0.25, 0.3) is 0 Å². The highest BCUT2D eigenvalue weighted by Crippen LogP contribution is 2.15. The summed E-state index contributed by atoms with van der Waals surface area (Å²) in [6, 6.07) is 16.2. The van der Waals surface area contributed by atoms with Gasteiger partial charge in [-0.1, -0.05) is 30.3 Å². The van der Waals surface area contributed by atoms with Crippen LogP contribution in [0.1, 0.15) is 39.0 Å². The Hall–Kier alpha value is -3.74. The molecule has 0 saturated carbocycles. The lowest BCUT2D eigenvalue weighted by atomic mass is 10.2.